The van der Waals surface area contributed by atoms with E-state index in [1.54, 1.807) is 11.3 Å². The second-order valence-electron chi connectivity index (χ2n) is 4.96. The molecule has 0 atom stereocenters. The lowest BCUT2D eigenvalue weighted by Crippen LogP contribution is -2.17. The molecule has 4 nitrogen and oxygen atoms in total. The Labute approximate surface area is 117 Å². The molecule has 102 valence electrons. The fraction of sp³-hybridized carbons (Fsp3) is 0.571. The van der Waals surface area contributed by atoms with Gasteiger partial charge in [0.2, 0.25) is 5.13 Å². The van der Waals surface area contributed by atoms with Gasteiger partial charge >= 0.3 is 0 Å². The van der Waals surface area contributed by atoms with Gasteiger partial charge in [0.25, 0.3) is 0 Å². The summed E-state index contributed by atoms with van der Waals surface area (Å²) in [6.07, 6.45) is 6.46. The molecule has 0 amide bonds. The van der Waals surface area contributed by atoms with E-state index in [1.165, 1.54) is 29.8 Å². The Bertz CT molecular complexity index is 540. The lowest BCUT2D eigenvalue weighted by molar-refractivity contribution is 0.677. The summed E-state index contributed by atoms with van der Waals surface area (Å²) < 4.78 is 2.04. The van der Waals surface area contributed by atoms with Crippen LogP contribution in [-0.2, 0) is 19.4 Å². The number of aromatic nitrogens is 3. The molecule has 19 heavy (non-hydrogen) atoms. The van der Waals surface area contributed by atoms with Crippen molar-refractivity contribution in [1.82, 2.24) is 20.1 Å². The lowest BCUT2D eigenvalue weighted by atomic mass is 10.1. The maximum atomic E-state index is 4.76. The Kier molecular flexibility index (Phi) is 3.66. The highest BCUT2D eigenvalue weighted by Crippen LogP contribution is 2.24. The van der Waals surface area contributed by atoms with E-state index in [1.807, 2.05) is 16.3 Å². The van der Waals surface area contributed by atoms with Crippen molar-refractivity contribution in [3.05, 3.63) is 28.5 Å². The molecule has 0 radical (unpaired) electrons. The summed E-state index contributed by atoms with van der Waals surface area (Å²) in [7, 11) is 0. The van der Waals surface area contributed by atoms with Gasteiger partial charge in [-0.15, -0.1) is 11.3 Å². The molecule has 1 N–H and O–H groups in total. The van der Waals surface area contributed by atoms with Gasteiger partial charge in [-0.25, -0.2) is 9.67 Å². The molecule has 2 aromatic rings. The van der Waals surface area contributed by atoms with Gasteiger partial charge in [0.1, 0.15) is 0 Å². The summed E-state index contributed by atoms with van der Waals surface area (Å²) in [5, 5.41) is 11.4. The van der Waals surface area contributed by atoms with E-state index >= 15 is 0 Å². The van der Waals surface area contributed by atoms with Crippen LogP contribution in [0.15, 0.2) is 11.6 Å². The van der Waals surface area contributed by atoms with Crippen LogP contribution >= 0.6 is 11.3 Å². The number of rotatable bonds is 6. The first-order valence-corrected chi connectivity index (χ1v) is 7.94. The van der Waals surface area contributed by atoms with E-state index in [0.29, 0.717) is 0 Å². The molecule has 1 saturated carbocycles. The Morgan fingerprint density at radius 2 is 2.21 bits per heavy atom. The Morgan fingerprint density at radius 3 is 2.79 bits per heavy atom. The summed E-state index contributed by atoms with van der Waals surface area (Å²) in [4.78, 5) is 4.39. The van der Waals surface area contributed by atoms with Crippen molar-refractivity contribution in [2.75, 3.05) is 0 Å². The fourth-order valence-electron chi connectivity index (χ4n) is 2.40. The van der Waals surface area contributed by atoms with Gasteiger partial charge in [-0.1, -0.05) is 13.8 Å². The Balaban J connectivity index is 1.95. The summed E-state index contributed by atoms with van der Waals surface area (Å²) in [5.74, 6) is 0. The predicted molar refractivity (Wildman–Crippen MR) is 77.9 cm³/mol. The highest BCUT2D eigenvalue weighted by molar-refractivity contribution is 7.12. The first-order valence-electron chi connectivity index (χ1n) is 7.06. The average Bonchev–Trinajstić information content (AvgIpc) is 2.98. The van der Waals surface area contributed by atoms with Crippen LogP contribution in [0.3, 0.4) is 0 Å². The van der Waals surface area contributed by atoms with Gasteiger partial charge in [-0.05, 0) is 25.7 Å². The Morgan fingerprint density at radius 1 is 1.37 bits per heavy atom. The van der Waals surface area contributed by atoms with E-state index in [-0.39, 0.29) is 0 Å². The van der Waals surface area contributed by atoms with Crippen molar-refractivity contribution >= 4 is 11.3 Å². The highest BCUT2D eigenvalue weighted by atomic mass is 32.1. The SMILES string of the molecule is CCc1nn(-c2nccs2)c(CC)c1CNC1CC1. The lowest BCUT2D eigenvalue weighted by Gasteiger charge is -2.06. The molecule has 1 aliphatic carbocycles. The zero-order valence-electron chi connectivity index (χ0n) is 11.5. The minimum atomic E-state index is 0.734. The van der Waals surface area contributed by atoms with Crippen molar-refractivity contribution < 1.29 is 0 Å². The number of nitrogens with zero attached hydrogens (tertiary/aromatic N) is 3. The first-order chi connectivity index (χ1) is 9.33. The van der Waals surface area contributed by atoms with E-state index in [2.05, 4.69) is 24.1 Å². The van der Waals surface area contributed by atoms with Crippen LogP contribution in [0, 0.1) is 0 Å². The van der Waals surface area contributed by atoms with Gasteiger partial charge in [0, 0.05) is 29.7 Å². The summed E-state index contributed by atoms with van der Waals surface area (Å²) >= 11 is 1.64. The second-order valence-corrected chi connectivity index (χ2v) is 5.83. The molecule has 0 saturated heterocycles. The molecule has 0 aliphatic heterocycles. The quantitative estimate of drug-likeness (QED) is 0.882. The van der Waals surface area contributed by atoms with Crippen LogP contribution in [-0.4, -0.2) is 20.8 Å². The van der Waals surface area contributed by atoms with Crippen LogP contribution in [0.5, 0.6) is 0 Å². The van der Waals surface area contributed by atoms with Crippen molar-refractivity contribution in [1.29, 1.82) is 0 Å². The first kappa shape index (κ1) is 12.8. The molecule has 0 spiro atoms. The van der Waals surface area contributed by atoms with E-state index in [0.717, 1.165) is 30.6 Å². The third-order valence-corrected chi connectivity index (χ3v) is 4.34. The highest BCUT2D eigenvalue weighted by Gasteiger charge is 2.23. The van der Waals surface area contributed by atoms with Crippen molar-refractivity contribution in [3.63, 3.8) is 0 Å². The third kappa shape index (κ3) is 2.58. The van der Waals surface area contributed by atoms with Crippen LogP contribution in [0.25, 0.3) is 5.13 Å². The van der Waals surface area contributed by atoms with Crippen LogP contribution in [0.2, 0.25) is 0 Å². The van der Waals surface area contributed by atoms with Crippen LogP contribution in [0.4, 0.5) is 0 Å². The third-order valence-electron chi connectivity index (χ3n) is 3.59. The molecule has 3 rings (SSSR count). The summed E-state index contributed by atoms with van der Waals surface area (Å²) in [5.41, 5.74) is 3.90. The molecule has 1 fully saturated rings. The second kappa shape index (κ2) is 5.43. The van der Waals surface area contributed by atoms with Crippen molar-refractivity contribution in [2.45, 2.75) is 52.1 Å². The zero-order valence-corrected chi connectivity index (χ0v) is 12.3. The number of hydrogen-bond donors (Lipinski definition) is 1. The van der Waals surface area contributed by atoms with Crippen LogP contribution < -0.4 is 5.32 Å². The Hall–Kier alpha value is -1.20. The molecule has 1 aliphatic rings. The monoisotopic (exact) mass is 276 g/mol. The maximum Gasteiger partial charge on any atom is 0.210 e. The minimum absolute atomic E-state index is 0.734. The number of nitrogens with one attached hydrogen (secondary N) is 1. The predicted octanol–water partition coefficient (Wildman–Crippen LogP) is 2.71. The summed E-state index contributed by atoms with van der Waals surface area (Å²) in [6.45, 7) is 5.32. The minimum Gasteiger partial charge on any atom is -0.310 e. The van der Waals surface area contributed by atoms with Crippen molar-refractivity contribution in [3.8, 4) is 5.13 Å². The van der Waals surface area contributed by atoms with Crippen molar-refractivity contribution in [2.24, 2.45) is 0 Å². The van der Waals surface area contributed by atoms with Gasteiger partial charge in [-0.2, -0.15) is 5.10 Å². The van der Waals surface area contributed by atoms with Crippen LogP contribution in [0.1, 0.15) is 43.6 Å². The largest absolute Gasteiger partial charge is 0.310 e. The maximum absolute atomic E-state index is 4.76. The van der Waals surface area contributed by atoms with Gasteiger partial charge in [-0.3, -0.25) is 0 Å². The molecule has 0 aromatic carbocycles. The average molecular weight is 276 g/mol. The van der Waals surface area contributed by atoms with E-state index in [4.69, 9.17) is 5.10 Å². The molecular formula is C14H20N4S. The van der Waals surface area contributed by atoms with E-state index in [9.17, 15) is 0 Å². The summed E-state index contributed by atoms with van der Waals surface area (Å²) in [6, 6.07) is 0.734. The molecule has 2 heterocycles. The number of aryl methyl sites for hydroxylation is 1. The normalized spacial score (nSPS) is 15.1. The van der Waals surface area contributed by atoms with E-state index < -0.39 is 0 Å². The standard InChI is InChI=1S/C14H20N4S/c1-3-12-11(9-16-10-5-6-10)13(4-2)18(17-12)14-15-7-8-19-14/h7-8,10,16H,3-6,9H2,1-2H3. The number of thiazole rings is 1. The van der Waals surface area contributed by atoms with Gasteiger partial charge < -0.3 is 5.32 Å². The number of hydrogen-bond acceptors (Lipinski definition) is 4. The molecule has 2 aromatic heterocycles. The van der Waals surface area contributed by atoms with Gasteiger partial charge in [0.05, 0.1) is 11.4 Å². The molecular weight excluding hydrogens is 256 g/mol. The topological polar surface area (TPSA) is 42.7 Å². The zero-order chi connectivity index (χ0) is 13.2. The molecule has 0 unspecified atom stereocenters. The molecule has 5 heteroatoms. The van der Waals surface area contributed by atoms with Gasteiger partial charge in [0.15, 0.2) is 0 Å². The fourth-order valence-corrected chi connectivity index (χ4v) is 3.02. The molecule has 0 bridgehead atoms. The smallest absolute Gasteiger partial charge is 0.210 e.